The molecule has 98 valence electrons. The molecule has 0 aromatic heterocycles. The van der Waals surface area contributed by atoms with Gasteiger partial charge in [0.2, 0.25) is 5.91 Å². The second-order valence-corrected chi connectivity index (χ2v) is 5.06. The predicted molar refractivity (Wildman–Crippen MR) is 64.7 cm³/mol. The lowest BCUT2D eigenvalue weighted by Gasteiger charge is -2.22. The van der Waals surface area contributed by atoms with E-state index in [-0.39, 0.29) is 17.9 Å². The zero-order valence-electron chi connectivity index (χ0n) is 10.8. The van der Waals surface area contributed by atoms with Crippen LogP contribution in [0.25, 0.3) is 0 Å². The second kappa shape index (κ2) is 6.00. The number of nitrogens with one attached hydrogen (secondary N) is 1. The van der Waals surface area contributed by atoms with Gasteiger partial charge in [0.15, 0.2) is 0 Å². The fraction of sp³-hybridized carbons (Fsp3) is 0.833. The molecule has 5 nitrogen and oxygen atoms in total. The van der Waals surface area contributed by atoms with Crippen molar-refractivity contribution in [1.82, 2.24) is 10.2 Å². The molecule has 5 heteroatoms. The molecule has 2 atom stereocenters. The van der Waals surface area contributed by atoms with E-state index in [2.05, 4.69) is 5.32 Å². The summed E-state index contributed by atoms with van der Waals surface area (Å²) in [7, 11) is 0. The minimum absolute atomic E-state index is 0.0105. The summed E-state index contributed by atoms with van der Waals surface area (Å²) in [5.41, 5.74) is 0. The molecular weight excluding hydrogens is 220 g/mol. The van der Waals surface area contributed by atoms with Crippen LogP contribution in [-0.2, 0) is 9.59 Å². The van der Waals surface area contributed by atoms with Gasteiger partial charge in [-0.3, -0.25) is 14.5 Å². The van der Waals surface area contributed by atoms with E-state index in [1.807, 2.05) is 25.7 Å². The maximum Gasteiger partial charge on any atom is 0.321 e. The molecule has 17 heavy (non-hydrogen) atoms. The lowest BCUT2D eigenvalue weighted by molar-refractivity contribution is -0.143. The number of carboxylic acids is 1. The molecule has 2 unspecified atom stereocenters. The summed E-state index contributed by atoms with van der Waals surface area (Å²) < 4.78 is 0. The largest absolute Gasteiger partial charge is 0.480 e. The van der Waals surface area contributed by atoms with Crippen molar-refractivity contribution >= 4 is 11.9 Å². The Balaban J connectivity index is 2.41. The highest BCUT2D eigenvalue weighted by Gasteiger charge is 2.36. The molecule has 2 N–H and O–H groups in total. The summed E-state index contributed by atoms with van der Waals surface area (Å²) in [6.07, 6.45) is 1.26. The van der Waals surface area contributed by atoms with Crippen molar-refractivity contribution in [3.8, 4) is 0 Å². The summed E-state index contributed by atoms with van der Waals surface area (Å²) in [5.74, 6) is -0.622. The van der Waals surface area contributed by atoms with Crippen LogP contribution in [0.15, 0.2) is 0 Å². The molecule has 0 saturated carbocycles. The standard InChI is InChI=1S/C12H22N2O3/c1-8(2)13-10(15)5-7-14-6-4-9(3)11(14)12(16)17/h8-9,11H,4-7H2,1-3H3,(H,13,15)(H,16,17). The molecule has 0 aromatic carbocycles. The Morgan fingerprint density at radius 3 is 2.65 bits per heavy atom. The van der Waals surface area contributed by atoms with Crippen molar-refractivity contribution in [3.05, 3.63) is 0 Å². The summed E-state index contributed by atoms with van der Waals surface area (Å²) in [5, 5.41) is 11.9. The van der Waals surface area contributed by atoms with Crippen LogP contribution in [0.2, 0.25) is 0 Å². The van der Waals surface area contributed by atoms with Gasteiger partial charge in [0.25, 0.3) is 0 Å². The molecule has 0 aliphatic carbocycles. The van der Waals surface area contributed by atoms with E-state index in [9.17, 15) is 9.59 Å². The molecule has 1 rings (SSSR count). The molecule has 1 amide bonds. The molecule has 1 heterocycles. The number of hydrogen-bond donors (Lipinski definition) is 2. The van der Waals surface area contributed by atoms with Gasteiger partial charge in [-0.1, -0.05) is 6.92 Å². The van der Waals surface area contributed by atoms with E-state index >= 15 is 0 Å². The Kier molecular flexibility index (Phi) is 4.93. The highest BCUT2D eigenvalue weighted by Crippen LogP contribution is 2.23. The average molecular weight is 242 g/mol. The first-order valence-corrected chi connectivity index (χ1v) is 6.18. The van der Waals surface area contributed by atoms with Crippen molar-refractivity contribution in [2.75, 3.05) is 13.1 Å². The van der Waals surface area contributed by atoms with E-state index in [4.69, 9.17) is 5.11 Å². The van der Waals surface area contributed by atoms with Crippen molar-refractivity contribution in [2.45, 2.75) is 45.7 Å². The Morgan fingerprint density at radius 1 is 1.47 bits per heavy atom. The lowest BCUT2D eigenvalue weighted by atomic mass is 10.0. The third-order valence-corrected chi connectivity index (χ3v) is 3.13. The van der Waals surface area contributed by atoms with Crippen LogP contribution < -0.4 is 5.32 Å². The van der Waals surface area contributed by atoms with Gasteiger partial charge in [-0.05, 0) is 32.7 Å². The molecule has 0 spiro atoms. The predicted octanol–water partition coefficient (Wildman–Crippen LogP) is 0.696. The normalized spacial score (nSPS) is 25.2. The van der Waals surface area contributed by atoms with E-state index in [1.165, 1.54) is 0 Å². The molecule has 0 aromatic rings. The first-order chi connectivity index (χ1) is 7.91. The van der Waals surface area contributed by atoms with Crippen LogP contribution in [0.4, 0.5) is 0 Å². The molecule has 1 fully saturated rings. The smallest absolute Gasteiger partial charge is 0.321 e. The Morgan fingerprint density at radius 2 is 2.12 bits per heavy atom. The van der Waals surface area contributed by atoms with Crippen LogP contribution >= 0.6 is 0 Å². The first-order valence-electron chi connectivity index (χ1n) is 6.18. The average Bonchev–Trinajstić information content (AvgIpc) is 2.55. The number of carboxylic acid groups (broad SMARTS) is 1. The van der Waals surface area contributed by atoms with E-state index in [1.54, 1.807) is 0 Å². The van der Waals surface area contributed by atoms with Crippen LogP contribution in [-0.4, -0.2) is 47.1 Å². The van der Waals surface area contributed by atoms with Gasteiger partial charge >= 0.3 is 5.97 Å². The Labute approximate surface area is 102 Å². The van der Waals surface area contributed by atoms with Crippen molar-refractivity contribution in [3.63, 3.8) is 0 Å². The fourth-order valence-electron chi connectivity index (χ4n) is 2.32. The highest BCUT2D eigenvalue weighted by atomic mass is 16.4. The summed E-state index contributed by atoms with van der Waals surface area (Å²) >= 11 is 0. The molecule has 0 radical (unpaired) electrons. The third kappa shape index (κ3) is 4.00. The SMILES string of the molecule is CC(C)NC(=O)CCN1CCC(C)C1C(=O)O. The van der Waals surface area contributed by atoms with E-state index in [0.717, 1.165) is 13.0 Å². The number of hydrogen-bond acceptors (Lipinski definition) is 3. The molecule has 1 aliphatic heterocycles. The Bertz CT molecular complexity index is 291. The topological polar surface area (TPSA) is 69.6 Å². The zero-order valence-corrected chi connectivity index (χ0v) is 10.8. The summed E-state index contributed by atoms with van der Waals surface area (Å²) in [6, 6.07) is -0.294. The number of carbonyl (C=O) groups is 2. The lowest BCUT2D eigenvalue weighted by Crippen LogP contribution is -2.41. The number of amides is 1. The van der Waals surface area contributed by atoms with Crippen molar-refractivity contribution in [1.29, 1.82) is 0 Å². The molecule has 1 saturated heterocycles. The Hall–Kier alpha value is -1.10. The van der Waals surface area contributed by atoms with Gasteiger partial charge in [0.05, 0.1) is 0 Å². The maximum atomic E-state index is 11.5. The summed E-state index contributed by atoms with van der Waals surface area (Å²) in [4.78, 5) is 24.5. The van der Waals surface area contributed by atoms with Gasteiger partial charge in [0, 0.05) is 19.0 Å². The quantitative estimate of drug-likeness (QED) is 0.744. The van der Waals surface area contributed by atoms with Crippen LogP contribution in [0, 0.1) is 5.92 Å². The molecule has 0 bridgehead atoms. The van der Waals surface area contributed by atoms with Crippen LogP contribution in [0.1, 0.15) is 33.6 Å². The minimum Gasteiger partial charge on any atom is -0.480 e. The number of nitrogens with zero attached hydrogens (tertiary/aromatic N) is 1. The van der Waals surface area contributed by atoms with Gasteiger partial charge < -0.3 is 10.4 Å². The number of rotatable bonds is 5. The van der Waals surface area contributed by atoms with Gasteiger partial charge in [-0.25, -0.2) is 0 Å². The van der Waals surface area contributed by atoms with Crippen molar-refractivity contribution in [2.24, 2.45) is 5.92 Å². The van der Waals surface area contributed by atoms with Crippen LogP contribution in [0.5, 0.6) is 0 Å². The molecular formula is C12H22N2O3. The van der Waals surface area contributed by atoms with E-state index in [0.29, 0.717) is 13.0 Å². The highest BCUT2D eigenvalue weighted by molar-refractivity contribution is 5.77. The van der Waals surface area contributed by atoms with Crippen LogP contribution in [0.3, 0.4) is 0 Å². The van der Waals surface area contributed by atoms with E-state index < -0.39 is 12.0 Å². The number of aliphatic carboxylic acids is 1. The van der Waals surface area contributed by atoms with Gasteiger partial charge in [0.1, 0.15) is 6.04 Å². The van der Waals surface area contributed by atoms with Gasteiger partial charge in [-0.15, -0.1) is 0 Å². The summed E-state index contributed by atoms with van der Waals surface area (Å²) in [6.45, 7) is 7.08. The third-order valence-electron chi connectivity index (χ3n) is 3.13. The number of likely N-dealkylation sites (tertiary alicyclic amines) is 1. The monoisotopic (exact) mass is 242 g/mol. The number of carbonyl (C=O) groups excluding carboxylic acids is 1. The second-order valence-electron chi connectivity index (χ2n) is 5.06. The maximum absolute atomic E-state index is 11.5. The van der Waals surface area contributed by atoms with Gasteiger partial charge in [-0.2, -0.15) is 0 Å². The fourth-order valence-corrected chi connectivity index (χ4v) is 2.32. The minimum atomic E-state index is -0.778. The zero-order chi connectivity index (χ0) is 13.0. The molecule has 1 aliphatic rings. The first kappa shape index (κ1) is 14.0. The van der Waals surface area contributed by atoms with Crippen molar-refractivity contribution < 1.29 is 14.7 Å².